The highest BCUT2D eigenvalue weighted by molar-refractivity contribution is 5.72. The molecule has 0 spiro atoms. The van der Waals surface area contributed by atoms with Crippen LogP contribution in [0, 0.1) is 5.92 Å². The van der Waals surface area contributed by atoms with Crippen molar-refractivity contribution in [1.82, 2.24) is 4.90 Å². The summed E-state index contributed by atoms with van der Waals surface area (Å²) in [7, 11) is 0. The van der Waals surface area contributed by atoms with Gasteiger partial charge in [0.1, 0.15) is 0 Å². The Labute approximate surface area is 227 Å². The molecule has 0 aromatic heterocycles. The van der Waals surface area contributed by atoms with E-state index in [0.717, 1.165) is 11.1 Å². The largest absolute Gasteiger partial charge is 0.481 e. The fraction of sp³-hybridized carbons (Fsp3) is 0.367. The molecule has 5 rings (SSSR count). The van der Waals surface area contributed by atoms with Crippen molar-refractivity contribution in [3.63, 3.8) is 0 Å². The number of hydrogen-bond donors (Lipinski definition) is 1. The number of carboxylic acid groups (broad SMARTS) is 1. The summed E-state index contributed by atoms with van der Waals surface area (Å²) in [5.74, 6) is -1.67. The average molecular weight is 564 g/mol. The highest BCUT2D eigenvalue weighted by atomic mass is 19.4. The minimum atomic E-state index is -4.97. The first-order valence-electron chi connectivity index (χ1n) is 12.9. The van der Waals surface area contributed by atoms with Gasteiger partial charge in [-0.15, -0.1) is 0 Å². The lowest BCUT2D eigenvalue weighted by atomic mass is 9.78. The van der Waals surface area contributed by atoms with Gasteiger partial charge in [-0.1, -0.05) is 60.7 Å². The first kappa shape index (κ1) is 28.2. The lowest BCUT2D eigenvalue weighted by molar-refractivity contribution is -0.144. The number of nitrogens with zero attached hydrogens (tertiary/aromatic N) is 1. The first-order valence-corrected chi connectivity index (χ1v) is 12.9. The number of carbonyl (C=O) groups is 1. The van der Waals surface area contributed by atoms with Crippen molar-refractivity contribution in [2.24, 2.45) is 5.92 Å². The van der Waals surface area contributed by atoms with E-state index in [1.165, 1.54) is 0 Å². The number of aliphatic carboxylic acids is 1. The molecule has 0 amide bonds. The predicted octanol–water partition coefficient (Wildman–Crippen LogP) is 7.27. The Bertz CT molecular complexity index is 1310. The quantitative estimate of drug-likeness (QED) is 0.307. The second-order valence-corrected chi connectivity index (χ2v) is 10.4. The third-order valence-electron chi connectivity index (χ3n) is 8.05. The Hall–Kier alpha value is -3.37. The van der Waals surface area contributed by atoms with E-state index < -0.39 is 53.6 Å². The molecule has 2 fully saturated rings. The summed E-state index contributed by atoms with van der Waals surface area (Å²) in [6, 6.07) is 19.8. The van der Waals surface area contributed by atoms with Crippen LogP contribution in [-0.4, -0.2) is 28.1 Å². The third-order valence-corrected chi connectivity index (χ3v) is 8.05. The lowest BCUT2D eigenvalue weighted by Crippen LogP contribution is -2.56. The van der Waals surface area contributed by atoms with E-state index in [-0.39, 0.29) is 24.1 Å². The van der Waals surface area contributed by atoms with Gasteiger partial charge >= 0.3 is 18.3 Å². The summed E-state index contributed by atoms with van der Waals surface area (Å²) in [6.45, 7) is -0.0837. The molecule has 0 radical (unpaired) electrons. The monoisotopic (exact) mass is 563 g/mol. The SMILES string of the molecule is O=C(O)C1CC2(c3ccccc3)C(OCc3cc(C(F)(F)F)cc(C(F)(F)F)c3)CCC1N2Cc1ccccc1. The number of ether oxygens (including phenoxy) is 1. The predicted molar refractivity (Wildman–Crippen MR) is 134 cm³/mol. The molecule has 1 N–H and O–H groups in total. The molecular formula is C30H27F6NO3. The van der Waals surface area contributed by atoms with Crippen molar-refractivity contribution in [2.75, 3.05) is 0 Å². The van der Waals surface area contributed by atoms with E-state index >= 15 is 0 Å². The summed E-state index contributed by atoms with van der Waals surface area (Å²) in [4.78, 5) is 14.5. The molecule has 4 atom stereocenters. The summed E-state index contributed by atoms with van der Waals surface area (Å²) in [6.07, 6.45) is -9.55. The van der Waals surface area contributed by atoms with Crippen molar-refractivity contribution in [2.45, 2.75) is 62.5 Å². The number of fused-ring (bicyclic) bond motifs is 2. The maximum absolute atomic E-state index is 13.4. The number of carboxylic acids is 1. The van der Waals surface area contributed by atoms with Crippen molar-refractivity contribution in [1.29, 1.82) is 0 Å². The van der Waals surface area contributed by atoms with Gasteiger partial charge in [0.15, 0.2) is 0 Å². The molecule has 2 aliphatic rings. The van der Waals surface area contributed by atoms with E-state index in [4.69, 9.17) is 4.74 Å². The van der Waals surface area contributed by atoms with Crippen LogP contribution in [0.2, 0.25) is 0 Å². The molecule has 3 aromatic rings. The Balaban J connectivity index is 1.54. The molecule has 2 heterocycles. The Morgan fingerprint density at radius 2 is 1.43 bits per heavy atom. The van der Waals surface area contributed by atoms with Crippen molar-refractivity contribution >= 4 is 5.97 Å². The van der Waals surface area contributed by atoms with E-state index in [1.807, 2.05) is 60.7 Å². The Morgan fingerprint density at radius 1 is 0.850 bits per heavy atom. The minimum absolute atomic E-state index is 0.0934. The number of rotatable bonds is 7. The number of alkyl halides is 6. The zero-order valence-corrected chi connectivity index (χ0v) is 21.3. The van der Waals surface area contributed by atoms with Crippen LogP contribution in [0.15, 0.2) is 78.9 Å². The van der Waals surface area contributed by atoms with Crippen LogP contribution < -0.4 is 0 Å². The highest BCUT2D eigenvalue weighted by Crippen LogP contribution is 2.55. The molecular weight excluding hydrogens is 536 g/mol. The van der Waals surface area contributed by atoms with Crippen LogP contribution in [0.25, 0.3) is 0 Å². The molecule has 212 valence electrons. The van der Waals surface area contributed by atoms with Crippen molar-refractivity contribution in [3.05, 3.63) is 107 Å². The zero-order chi connectivity index (χ0) is 28.7. The fourth-order valence-electron chi connectivity index (χ4n) is 6.34. The molecule has 40 heavy (non-hydrogen) atoms. The van der Waals surface area contributed by atoms with Gasteiger partial charge < -0.3 is 9.84 Å². The molecule has 0 saturated carbocycles. The highest BCUT2D eigenvalue weighted by Gasteiger charge is 2.61. The van der Waals surface area contributed by atoms with Crippen molar-refractivity contribution < 1.29 is 41.0 Å². The first-order chi connectivity index (χ1) is 18.9. The minimum Gasteiger partial charge on any atom is -0.481 e. The molecule has 2 bridgehead atoms. The molecule has 3 aromatic carbocycles. The van der Waals surface area contributed by atoms with Gasteiger partial charge in [-0.25, -0.2) is 0 Å². The van der Waals surface area contributed by atoms with Crippen LogP contribution in [0.1, 0.15) is 47.1 Å². The second kappa shape index (κ2) is 10.6. The zero-order valence-electron chi connectivity index (χ0n) is 21.3. The van der Waals surface area contributed by atoms with Gasteiger partial charge in [-0.3, -0.25) is 9.69 Å². The van der Waals surface area contributed by atoms with Crippen LogP contribution >= 0.6 is 0 Å². The normalized spacial score (nSPS) is 25.2. The van der Waals surface area contributed by atoms with E-state index in [9.17, 15) is 36.2 Å². The van der Waals surface area contributed by atoms with E-state index in [2.05, 4.69) is 4.90 Å². The topological polar surface area (TPSA) is 49.8 Å². The Morgan fingerprint density at radius 3 is 1.98 bits per heavy atom. The standard InChI is InChI=1S/C30H27F6NO3/c31-29(32,33)22-13-20(14-23(15-22)30(34,35)36)18-40-26-12-11-25-24(27(38)39)16-28(26,21-9-5-2-6-10-21)37(25)17-19-7-3-1-4-8-19/h1-10,13-15,24-26H,11-12,16-18H2,(H,38,39). The molecule has 4 unspecified atom stereocenters. The van der Waals surface area contributed by atoms with E-state index in [1.54, 1.807) is 0 Å². The number of benzene rings is 3. The summed E-state index contributed by atoms with van der Waals surface area (Å²) >= 11 is 0. The number of piperidine rings is 1. The molecule has 10 heteroatoms. The van der Waals surface area contributed by atoms with Crippen molar-refractivity contribution in [3.8, 4) is 0 Å². The van der Waals surface area contributed by atoms with Crippen LogP contribution in [0.4, 0.5) is 26.3 Å². The van der Waals surface area contributed by atoms with Crippen LogP contribution in [0.3, 0.4) is 0 Å². The van der Waals surface area contributed by atoms with Gasteiger partial charge in [0, 0.05) is 12.6 Å². The van der Waals surface area contributed by atoms with Gasteiger partial charge in [0.25, 0.3) is 0 Å². The smallest absolute Gasteiger partial charge is 0.416 e. The maximum Gasteiger partial charge on any atom is 0.416 e. The molecule has 2 saturated heterocycles. The number of halogens is 6. The van der Waals surface area contributed by atoms with Crippen LogP contribution in [0.5, 0.6) is 0 Å². The van der Waals surface area contributed by atoms with Gasteiger partial charge in [0.2, 0.25) is 0 Å². The molecule has 2 aliphatic heterocycles. The summed E-state index contributed by atoms with van der Waals surface area (Å²) in [5, 5.41) is 10.1. The average Bonchev–Trinajstić information content (AvgIpc) is 3.12. The third kappa shape index (κ3) is 5.34. The van der Waals surface area contributed by atoms with Gasteiger partial charge in [-0.2, -0.15) is 26.3 Å². The van der Waals surface area contributed by atoms with Gasteiger partial charge in [0.05, 0.1) is 35.3 Å². The number of hydrogen-bond acceptors (Lipinski definition) is 3. The molecule has 0 aliphatic carbocycles. The fourth-order valence-corrected chi connectivity index (χ4v) is 6.34. The second-order valence-electron chi connectivity index (χ2n) is 10.4. The maximum atomic E-state index is 13.4. The van der Waals surface area contributed by atoms with Crippen LogP contribution in [-0.2, 0) is 40.6 Å². The van der Waals surface area contributed by atoms with Gasteiger partial charge in [-0.05, 0) is 54.2 Å². The Kier molecular flexibility index (Phi) is 7.43. The molecule has 4 nitrogen and oxygen atoms in total. The van der Waals surface area contributed by atoms with E-state index in [0.29, 0.717) is 31.5 Å². The summed E-state index contributed by atoms with van der Waals surface area (Å²) in [5.41, 5.74) is -2.26. The summed E-state index contributed by atoms with van der Waals surface area (Å²) < 4.78 is 86.9. The lowest BCUT2D eigenvalue weighted by Gasteiger charge is -2.50.